The monoisotopic (exact) mass is 644 g/mol. The molecule has 8 aromatic carbocycles. The van der Waals surface area contributed by atoms with Gasteiger partial charge < -0.3 is 0 Å². The second-order valence-electron chi connectivity index (χ2n) is 14.7. The highest BCUT2D eigenvalue weighted by molar-refractivity contribution is 9.10. The van der Waals surface area contributed by atoms with E-state index in [1.54, 1.807) is 0 Å². The summed E-state index contributed by atoms with van der Waals surface area (Å²) in [4.78, 5) is 0. The van der Waals surface area contributed by atoms with Crippen LogP contribution in [0.15, 0.2) is 120 Å². The second kappa shape index (κ2) is 9.90. The minimum absolute atomic E-state index is 0.00276. The van der Waals surface area contributed by atoms with Crippen molar-refractivity contribution in [3.8, 4) is 22.3 Å². The topological polar surface area (TPSA) is 0 Å². The van der Waals surface area contributed by atoms with Crippen LogP contribution in [-0.2, 0) is 10.8 Å². The van der Waals surface area contributed by atoms with Gasteiger partial charge in [0.25, 0.3) is 0 Å². The van der Waals surface area contributed by atoms with E-state index in [1.165, 1.54) is 87.2 Å². The lowest BCUT2D eigenvalue weighted by atomic mass is 9.76. The first-order valence-corrected chi connectivity index (χ1v) is 16.8. The van der Waals surface area contributed by atoms with E-state index in [9.17, 15) is 0 Å². The maximum Gasteiger partial charge on any atom is 0.0260 e. The summed E-state index contributed by atoms with van der Waals surface area (Å²) in [5.41, 5.74) is 7.81. The van der Waals surface area contributed by atoms with Crippen LogP contribution in [0.2, 0.25) is 0 Å². The van der Waals surface area contributed by atoms with Crippen LogP contribution in [0.5, 0.6) is 0 Å². The van der Waals surface area contributed by atoms with Gasteiger partial charge in [-0.25, -0.2) is 0 Å². The number of hydrogen-bond acceptors (Lipinski definition) is 0. The van der Waals surface area contributed by atoms with Crippen LogP contribution >= 0.6 is 15.9 Å². The van der Waals surface area contributed by atoms with Gasteiger partial charge in [0.15, 0.2) is 0 Å². The van der Waals surface area contributed by atoms with Crippen molar-refractivity contribution in [2.75, 3.05) is 0 Å². The van der Waals surface area contributed by atoms with Gasteiger partial charge in [0, 0.05) is 9.86 Å². The van der Waals surface area contributed by atoms with E-state index in [0.717, 1.165) is 4.47 Å². The van der Waals surface area contributed by atoms with E-state index in [4.69, 9.17) is 0 Å². The smallest absolute Gasteiger partial charge is 0.0260 e. The van der Waals surface area contributed by atoms with Gasteiger partial charge in [-0.05, 0) is 111 Å². The summed E-state index contributed by atoms with van der Waals surface area (Å²) < 4.78 is 1.12. The molecule has 0 radical (unpaired) electrons. The van der Waals surface area contributed by atoms with E-state index >= 15 is 0 Å². The summed E-state index contributed by atoms with van der Waals surface area (Å²) in [6, 6.07) is 43.4. The van der Waals surface area contributed by atoms with Crippen LogP contribution in [0.25, 0.3) is 76.1 Å². The highest BCUT2D eigenvalue weighted by Gasteiger charge is 2.27. The molecule has 0 saturated carbocycles. The van der Waals surface area contributed by atoms with Gasteiger partial charge in [0.1, 0.15) is 0 Å². The fourth-order valence-electron chi connectivity index (χ4n) is 7.42. The van der Waals surface area contributed by atoms with Gasteiger partial charge in [-0.1, -0.05) is 155 Å². The number of hydrogen-bond donors (Lipinski definition) is 0. The van der Waals surface area contributed by atoms with Crippen LogP contribution < -0.4 is 0 Å². The molecule has 8 aromatic rings. The van der Waals surface area contributed by atoms with Gasteiger partial charge >= 0.3 is 0 Å². The molecule has 0 atom stereocenters. The normalized spacial score (nSPS) is 12.8. The number of fused-ring (bicyclic) bond motifs is 4. The molecule has 0 aliphatic heterocycles. The van der Waals surface area contributed by atoms with Crippen molar-refractivity contribution >= 4 is 69.8 Å². The Bertz CT molecular complexity index is 2420. The molecule has 8 rings (SSSR count). The predicted octanol–water partition coefficient (Wildman–Crippen LogP) is 13.6. The molecular weight excluding hydrogens is 608 g/mol. The summed E-state index contributed by atoms with van der Waals surface area (Å²) in [6.07, 6.45) is 0. The number of benzene rings is 8. The molecular formula is C44H37Br. The number of rotatable bonds is 2. The highest BCUT2D eigenvalue weighted by Crippen LogP contribution is 2.53. The lowest BCUT2D eigenvalue weighted by Gasteiger charge is -2.27. The molecule has 0 aliphatic rings. The van der Waals surface area contributed by atoms with Crippen molar-refractivity contribution in [2.45, 2.75) is 52.4 Å². The van der Waals surface area contributed by atoms with Crippen LogP contribution in [0.3, 0.4) is 0 Å². The first-order valence-electron chi connectivity index (χ1n) is 16.0. The second-order valence-corrected chi connectivity index (χ2v) is 15.6. The Morgan fingerprint density at radius 3 is 1.36 bits per heavy atom. The molecule has 0 saturated heterocycles. The van der Waals surface area contributed by atoms with E-state index < -0.39 is 0 Å². The maximum absolute atomic E-state index is 4.06. The van der Waals surface area contributed by atoms with E-state index in [0.29, 0.717) is 0 Å². The van der Waals surface area contributed by atoms with Crippen molar-refractivity contribution in [2.24, 2.45) is 0 Å². The van der Waals surface area contributed by atoms with Gasteiger partial charge in [-0.15, -0.1) is 0 Å². The first-order chi connectivity index (χ1) is 21.5. The zero-order valence-electron chi connectivity index (χ0n) is 26.8. The van der Waals surface area contributed by atoms with Crippen molar-refractivity contribution in [3.05, 3.63) is 131 Å². The van der Waals surface area contributed by atoms with Crippen LogP contribution in [-0.4, -0.2) is 0 Å². The fraction of sp³-hybridized carbons (Fsp3) is 0.182. The molecule has 220 valence electrons. The SMILES string of the molecule is CC(C)(C)c1cc2ccc3cc(C(C)(C)C)cc4c5c(-c6ccccc6)c6c(Br)cccc6c(-c6ccccc6)c5c(c1)c2c34. The summed E-state index contributed by atoms with van der Waals surface area (Å²) >= 11 is 4.06. The Hall–Kier alpha value is -4.20. The summed E-state index contributed by atoms with van der Waals surface area (Å²) in [7, 11) is 0. The van der Waals surface area contributed by atoms with Crippen molar-refractivity contribution in [3.63, 3.8) is 0 Å². The first kappa shape index (κ1) is 28.3. The van der Waals surface area contributed by atoms with Gasteiger partial charge in [-0.3, -0.25) is 0 Å². The van der Waals surface area contributed by atoms with Crippen LogP contribution in [0.1, 0.15) is 52.7 Å². The summed E-state index contributed by atoms with van der Waals surface area (Å²) in [6.45, 7) is 14.0. The highest BCUT2D eigenvalue weighted by atomic mass is 79.9. The van der Waals surface area contributed by atoms with Crippen LogP contribution in [0, 0.1) is 0 Å². The van der Waals surface area contributed by atoms with Gasteiger partial charge in [0.05, 0.1) is 0 Å². The van der Waals surface area contributed by atoms with E-state index in [1.807, 2.05) is 0 Å². The van der Waals surface area contributed by atoms with Gasteiger partial charge in [0.2, 0.25) is 0 Å². The molecule has 45 heavy (non-hydrogen) atoms. The number of halogens is 1. The molecule has 0 bridgehead atoms. The van der Waals surface area contributed by atoms with Crippen molar-refractivity contribution in [1.82, 2.24) is 0 Å². The molecule has 0 fully saturated rings. The Balaban J connectivity index is 1.81. The zero-order chi connectivity index (χ0) is 31.2. The average molecular weight is 646 g/mol. The molecule has 0 aliphatic carbocycles. The predicted molar refractivity (Wildman–Crippen MR) is 201 cm³/mol. The maximum atomic E-state index is 4.06. The Morgan fingerprint density at radius 2 is 0.867 bits per heavy atom. The molecule has 0 N–H and O–H groups in total. The third kappa shape index (κ3) is 4.32. The molecule has 0 aromatic heterocycles. The van der Waals surface area contributed by atoms with E-state index in [-0.39, 0.29) is 10.8 Å². The Kier molecular flexibility index (Phi) is 6.22. The molecule has 1 heteroatoms. The lowest BCUT2D eigenvalue weighted by Crippen LogP contribution is -2.12. The molecule has 0 spiro atoms. The fourth-order valence-corrected chi connectivity index (χ4v) is 7.99. The molecule has 0 heterocycles. The molecule has 0 amide bonds. The van der Waals surface area contributed by atoms with Crippen molar-refractivity contribution in [1.29, 1.82) is 0 Å². The minimum Gasteiger partial charge on any atom is -0.0622 e. The average Bonchev–Trinajstić information content (AvgIpc) is 3.02. The molecule has 0 nitrogen and oxygen atoms in total. The standard InChI is InChI=1S/C44H37Br/c1-43(2,3)30-22-28-20-21-29-23-31(44(4,5)6)25-34-38(29)37(28)33(24-30)41-36(26-14-9-7-10-15-26)32-18-13-19-35(45)40(32)39(42(34)41)27-16-11-8-12-17-27/h7-25H,1-6H3. The van der Waals surface area contributed by atoms with E-state index in [2.05, 4.69) is 173 Å². The van der Waals surface area contributed by atoms with Crippen LogP contribution in [0.4, 0.5) is 0 Å². The van der Waals surface area contributed by atoms with Crippen molar-refractivity contribution < 1.29 is 0 Å². The lowest BCUT2D eigenvalue weighted by molar-refractivity contribution is 0.591. The summed E-state index contributed by atoms with van der Waals surface area (Å²) in [5.74, 6) is 0. The zero-order valence-corrected chi connectivity index (χ0v) is 28.4. The Morgan fingerprint density at radius 1 is 0.400 bits per heavy atom. The molecule has 0 unspecified atom stereocenters. The third-order valence-electron chi connectivity index (χ3n) is 9.71. The Labute approximate surface area is 274 Å². The minimum atomic E-state index is 0.00276. The third-order valence-corrected chi connectivity index (χ3v) is 10.4. The largest absolute Gasteiger partial charge is 0.0622 e. The quantitative estimate of drug-likeness (QED) is 0.130. The summed E-state index contributed by atoms with van der Waals surface area (Å²) in [5, 5.41) is 13.2. The van der Waals surface area contributed by atoms with Gasteiger partial charge in [-0.2, -0.15) is 0 Å².